The lowest BCUT2D eigenvalue weighted by Gasteiger charge is -2.24. The summed E-state index contributed by atoms with van der Waals surface area (Å²) >= 11 is 0. The Morgan fingerprint density at radius 2 is 1.93 bits per heavy atom. The van der Waals surface area contributed by atoms with Crippen molar-refractivity contribution in [3.63, 3.8) is 0 Å². The molecule has 0 aliphatic carbocycles. The second-order valence-corrected chi connectivity index (χ2v) is 3.61. The van der Waals surface area contributed by atoms with E-state index in [9.17, 15) is 4.39 Å². The Kier molecular flexibility index (Phi) is 4.02. The van der Waals surface area contributed by atoms with Crippen LogP contribution in [0.25, 0.3) is 0 Å². The Hall–Kier alpha value is -1.17. The van der Waals surface area contributed by atoms with Crippen LogP contribution in [0.4, 0.5) is 4.39 Å². The third-order valence-corrected chi connectivity index (χ3v) is 2.11. The van der Waals surface area contributed by atoms with Crippen LogP contribution in [-0.4, -0.2) is 29.2 Å². The molecule has 0 spiro atoms. The number of benzene rings is 1. The van der Waals surface area contributed by atoms with Crippen LogP contribution >= 0.6 is 0 Å². The molecular weight excluding hydrogens is 201 g/mol. The van der Waals surface area contributed by atoms with Crippen molar-refractivity contribution >= 4 is 0 Å². The van der Waals surface area contributed by atoms with Crippen molar-refractivity contribution in [3.8, 4) is 5.75 Å². The van der Waals surface area contributed by atoms with Crippen molar-refractivity contribution in [1.82, 2.24) is 0 Å². The van der Waals surface area contributed by atoms with E-state index in [4.69, 9.17) is 16.1 Å². The largest absolute Gasteiger partial charge is 0.508 e. The second kappa shape index (κ2) is 5.06. The molecule has 0 saturated heterocycles. The quantitative estimate of drug-likeness (QED) is 0.507. The highest BCUT2D eigenvalue weighted by molar-refractivity contribution is 5.27. The average Bonchev–Trinajstić information content (AvgIpc) is 2.22. The number of phenols is 1. The molecule has 1 rings (SSSR count). The number of hydrogen-bond acceptors (Lipinski definition) is 4. The zero-order chi connectivity index (χ0) is 11.3. The zero-order valence-electron chi connectivity index (χ0n) is 8.19. The molecule has 0 amide bonds. The molecule has 0 bridgehead atoms. The van der Waals surface area contributed by atoms with Crippen molar-refractivity contribution in [2.75, 3.05) is 13.3 Å². The molecule has 0 saturated carbocycles. The molecule has 0 aromatic heterocycles. The number of hydrogen-bond donors (Lipinski definition) is 3. The Labute approximate surface area is 87.0 Å². The Balaban J connectivity index is 2.70. The first-order valence-corrected chi connectivity index (χ1v) is 4.49. The molecule has 0 heterocycles. The van der Waals surface area contributed by atoms with E-state index in [1.807, 2.05) is 0 Å². The normalized spacial score (nSPS) is 14.9. The average molecular weight is 215 g/mol. The van der Waals surface area contributed by atoms with Gasteiger partial charge in [-0.25, -0.2) is 9.28 Å². The lowest BCUT2D eigenvalue weighted by atomic mass is 9.94. The number of halogens is 1. The van der Waals surface area contributed by atoms with E-state index in [0.29, 0.717) is 0 Å². The van der Waals surface area contributed by atoms with E-state index < -0.39 is 12.2 Å². The molecule has 84 valence electrons. The van der Waals surface area contributed by atoms with Gasteiger partial charge < -0.3 is 10.8 Å². The molecule has 0 fully saturated rings. The Bertz CT molecular complexity index is 304. The number of alkyl halides is 1. The highest BCUT2D eigenvalue weighted by Gasteiger charge is 2.26. The van der Waals surface area contributed by atoms with Crippen LogP contribution in [0.15, 0.2) is 24.3 Å². The summed E-state index contributed by atoms with van der Waals surface area (Å²) < 4.78 is 12.6. The third kappa shape index (κ3) is 3.47. The van der Waals surface area contributed by atoms with Crippen LogP contribution in [0.2, 0.25) is 0 Å². The summed E-state index contributed by atoms with van der Waals surface area (Å²) in [5.74, 6) is 0.139. The molecular formula is C10H14FNO3. The minimum atomic E-state index is -1.23. The van der Waals surface area contributed by atoms with Gasteiger partial charge in [-0.15, -0.1) is 0 Å². The van der Waals surface area contributed by atoms with Gasteiger partial charge >= 0.3 is 0 Å². The number of phenolic OH excluding ortho intramolecular Hbond substituents is 1. The van der Waals surface area contributed by atoms with Gasteiger partial charge in [-0.05, 0) is 24.1 Å². The van der Waals surface area contributed by atoms with Crippen LogP contribution in [-0.2, 0) is 11.3 Å². The summed E-state index contributed by atoms with van der Waals surface area (Å²) in [5, 5.41) is 17.3. The fourth-order valence-electron chi connectivity index (χ4n) is 1.29. The standard InChI is InChI=1S/C10H14FNO3/c11-6-10(12,7-15-14)5-8-1-3-9(13)4-2-8/h1-4,13-14H,5-7,12H2/t10-/m0/s1. The fourth-order valence-corrected chi connectivity index (χ4v) is 1.29. The molecule has 1 aromatic carbocycles. The Morgan fingerprint density at radius 1 is 1.33 bits per heavy atom. The molecule has 15 heavy (non-hydrogen) atoms. The monoisotopic (exact) mass is 215 g/mol. The van der Waals surface area contributed by atoms with E-state index in [0.717, 1.165) is 5.56 Å². The topological polar surface area (TPSA) is 75.7 Å². The minimum Gasteiger partial charge on any atom is -0.508 e. The van der Waals surface area contributed by atoms with Crippen molar-refractivity contribution in [2.24, 2.45) is 5.73 Å². The van der Waals surface area contributed by atoms with Crippen molar-refractivity contribution in [1.29, 1.82) is 0 Å². The highest BCUT2D eigenvalue weighted by atomic mass is 19.1. The molecule has 0 aliphatic heterocycles. The van der Waals surface area contributed by atoms with Crippen molar-refractivity contribution in [2.45, 2.75) is 12.0 Å². The van der Waals surface area contributed by atoms with E-state index in [1.54, 1.807) is 12.1 Å². The maximum Gasteiger partial charge on any atom is 0.115 e. The van der Waals surface area contributed by atoms with Gasteiger partial charge in [-0.1, -0.05) is 12.1 Å². The van der Waals surface area contributed by atoms with Gasteiger partial charge in [0.05, 0.1) is 5.54 Å². The van der Waals surface area contributed by atoms with Gasteiger partial charge in [0, 0.05) is 0 Å². The van der Waals surface area contributed by atoms with E-state index in [-0.39, 0.29) is 18.8 Å². The molecule has 1 aromatic rings. The number of rotatable bonds is 5. The minimum absolute atomic E-state index is 0.139. The summed E-state index contributed by atoms with van der Waals surface area (Å²) in [7, 11) is 0. The summed E-state index contributed by atoms with van der Waals surface area (Å²) in [6.07, 6.45) is 0.227. The number of nitrogens with two attached hydrogens (primary N) is 1. The van der Waals surface area contributed by atoms with Crippen molar-refractivity contribution in [3.05, 3.63) is 29.8 Å². The lowest BCUT2D eigenvalue weighted by Crippen LogP contribution is -2.48. The third-order valence-electron chi connectivity index (χ3n) is 2.11. The van der Waals surface area contributed by atoms with Gasteiger partial charge in [0.25, 0.3) is 0 Å². The second-order valence-electron chi connectivity index (χ2n) is 3.61. The van der Waals surface area contributed by atoms with E-state index >= 15 is 0 Å². The van der Waals surface area contributed by atoms with Crippen LogP contribution in [0.1, 0.15) is 5.56 Å². The molecule has 0 unspecified atom stereocenters. The summed E-state index contributed by atoms with van der Waals surface area (Å²) in [6.45, 7) is -1.07. The zero-order valence-corrected chi connectivity index (χ0v) is 8.19. The molecule has 4 nitrogen and oxygen atoms in total. The van der Waals surface area contributed by atoms with E-state index in [2.05, 4.69) is 4.89 Å². The lowest BCUT2D eigenvalue weighted by molar-refractivity contribution is -0.254. The van der Waals surface area contributed by atoms with Crippen LogP contribution in [0.5, 0.6) is 5.75 Å². The SMILES string of the molecule is N[C@@](CF)(COO)Cc1ccc(O)cc1. The van der Waals surface area contributed by atoms with Gasteiger partial charge in [-0.3, -0.25) is 5.26 Å². The molecule has 0 radical (unpaired) electrons. The van der Waals surface area contributed by atoms with Crippen LogP contribution in [0.3, 0.4) is 0 Å². The van der Waals surface area contributed by atoms with Gasteiger partial charge in [0.15, 0.2) is 0 Å². The predicted molar refractivity (Wildman–Crippen MR) is 53.3 cm³/mol. The molecule has 4 N–H and O–H groups in total. The smallest absolute Gasteiger partial charge is 0.115 e. The number of aromatic hydroxyl groups is 1. The summed E-state index contributed by atoms with van der Waals surface area (Å²) in [4.78, 5) is 3.88. The maximum absolute atomic E-state index is 12.6. The van der Waals surface area contributed by atoms with Crippen molar-refractivity contribution < 1.29 is 19.6 Å². The molecule has 0 aliphatic rings. The van der Waals surface area contributed by atoms with Crippen LogP contribution < -0.4 is 5.73 Å². The molecule has 1 atom stereocenters. The van der Waals surface area contributed by atoms with Gasteiger partial charge in [0.1, 0.15) is 19.0 Å². The maximum atomic E-state index is 12.6. The van der Waals surface area contributed by atoms with Gasteiger partial charge in [-0.2, -0.15) is 0 Å². The van der Waals surface area contributed by atoms with Crippen LogP contribution in [0, 0.1) is 0 Å². The first kappa shape index (κ1) is 11.9. The first-order chi connectivity index (χ1) is 7.09. The summed E-state index contributed by atoms with van der Waals surface area (Å²) in [6, 6.07) is 6.27. The molecule has 5 heteroatoms. The first-order valence-electron chi connectivity index (χ1n) is 4.49. The highest BCUT2D eigenvalue weighted by Crippen LogP contribution is 2.15. The van der Waals surface area contributed by atoms with E-state index in [1.165, 1.54) is 12.1 Å². The summed E-state index contributed by atoms with van der Waals surface area (Å²) in [5.41, 5.74) is 5.19. The van der Waals surface area contributed by atoms with Gasteiger partial charge in [0.2, 0.25) is 0 Å². The Morgan fingerprint density at radius 3 is 2.40 bits per heavy atom. The fraction of sp³-hybridized carbons (Fsp3) is 0.400. The predicted octanol–water partition coefficient (Wildman–Crippen LogP) is 1.09.